The number of esters is 1. The molecule has 0 radical (unpaired) electrons. The van der Waals surface area contributed by atoms with Crippen molar-refractivity contribution in [1.82, 2.24) is 4.23 Å². The molecule has 3 rings (SSSR count). The average molecular weight is 442 g/mol. The number of fused-ring (bicyclic) bond motifs is 1. The number of hydrogen-bond donors (Lipinski definition) is 0. The van der Waals surface area contributed by atoms with Gasteiger partial charge in [0.15, 0.2) is 8.24 Å². The highest BCUT2D eigenvalue weighted by Gasteiger charge is 2.46. The Balaban J connectivity index is 2.27. The molecule has 0 aliphatic heterocycles. The molecule has 1 saturated carbocycles. The van der Waals surface area contributed by atoms with Crippen LogP contribution in [-0.4, -0.2) is 25.5 Å². The van der Waals surface area contributed by atoms with E-state index in [1.165, 1.54) is 47.7 Å². The SMILES string of the molecule is COC(=O)C(CC1CCCC1)c1cn([Si](C(C)C)(C(C)C)C(C)C)c2ccc(C)cc12. The summed E-state index contributed by atoms with van der Waals surface area (Å²) >= 11 is 0. The second-order valence-electron chi connectivity index (χ2n) is 10.8. The smallest absolute Gasteiger partial charge is 0.313 e. The number of benzene rings is 1. The van der Waals surface area contributed by atoms with Crippen LogP contribution < -0.4 is 0 Å². The van der Waals surface area contributed by atoms with Gasteiger partial charge in [0.05, 0.1) is 13.0 Å². The third-order valence-corrected chi connectivity index (χ3v) is 14.8. The van der Waals surface area contributed by atoms with Gasteiger partial charge in [-0.1, -0.05) is 78.9 Å². The van der Waals surface area contributed by atoms with Gasteiger partial charge in [-0.2, -0.15) is 0 Å². The number of carbonyl (C=O) groups is 1. The lowest BCUT2D eigenvalue weighted by atomic mass is 9.87. The van der Waals surface area contributed by atoms with E-state index in [0.29, 0.717) is 22.5 Å². The number of methoxy groups -OCH3 is 1. The molecule has 1 aromatic heterocycles. The van der Waals surface area contributed by atoms with E-state index in [1.807, 2.05) is 0 Å². The predicted molar refractivity (Wildman–Crippen MR) is 134 cm³/mol. The van der Waals surface area contributed by atoms with Gasteiger partial charge in [-0.15, -0.1) is 0 Å². The normalized spacial score (nSPS) is 16.7. The van der Waals surface area contributed by atoms with E-state index < -0.39 is 8.24 Å². The Morgan fingerprint density at radius 2 is 1.65 bits per heavy atom. The predicted octanol–water partition coefficient (Wildman–Crippen LogP) is 7.81. The van der Waals surface area contributed by atoms with Crippen LogP contribution in [-0.2, 0) is 9.53 Å². The van der Waals surface area contributed by atoms with Crippen LogP contribution in [0.1, 0.15) is 90.7 Å². The van der Waals surface area contributed by atoms with Gasteiger partial charge >= 0.3 is 5.97 Å². The molecular formula is C27H43NO2Si. The second-order valence-corrected chi connectivity index (χ2v) is 16.5. The molecule has 0 spiro atoms. The first-order valence-corrected chi connectivity index (χ1v) is 14.5. The number of aryl methyl sites for hydroxylation is 1. The number of ether oxygens (including phenoxy) is 1. The Hall–Kier alpha value is -1.55. The molecule has 0 amide bonds. The maximum Gasteiger partial charge on any atom is 0.313 e. The molecule has 1 fully saturated rings. The van der Waals surface area contributed by atoms with Gasteiger partial charge in [-0.05, 0) is 53.6 Å². The van der Waals surface area contributed by atoms with Crippen LogP contribution >= 0.6 is 0 Å². The van der Waals surface area contributed by atoms with Crippen LogP contribution in [0.25, 0.3) is 10.9 Å². The van der Waals surface area contributed by atoms with E-state index in [2.05, 4.69) is 77.1 Å². The number of aromatic nitrogens is 1. The largest absolute Gasteiger partial charge is 0.469 e. The third-order valence-electron chi connectivity index (χ3n) is 8.09. The molecule has 1 aliphatic rings. The minimum Gasteiger partial charge on any atom is -0.469 e. The number of rotatable bonds is 8. The number of hydrogen-bond acceptors (Lipinski definition) is 2. The van der Waals surface area contributed by atoms with E-state index in [0.717, 1.165) is 6.42 Å². The summed E-state index contributed by atoms with van der Waals surface area (Å²) in [6.07, 6.45) is 8.38. The highest BCUT2D eigenvalue weighted by molar-refractivity contribution is 6.82. The Morgan fingerprint density at radius 1 is 1.06 bits per heavy atom. The Kier molecular flexibility index (Phi) is 7.40. The van der Waals surface area contributed by atoms with E-state index in [-0.39, 0.29) is 11.9 Å². The Bertz CT molecular complexity index is 884. The van der Waals surface area contributed by atoms with Crippen molar-refractivity contribution in [3.05, 3.63) is 35.5 Å². The minimum absolute atomic E-state index is 0.0710. The van der Waals surface area contributed by atoms with E-state index >= 15 is 0 Å². The van der Waals surface area contributed by atoms with Gasteiger partial charge in [-0.3, -0.25) is 4.79 Å². The van der Waals surface area contributed by atoms with Gasteiger partial charge in [-0.25, -0.2) is 0 Å². The number of carbonyl (C=O) groups excluding carboxylic acids is 1. The van der Waals surface area contributed by atoms with Crippen molar-refractivity contribution >= 4 is 25.1 Å². The zero-order valence-electron chi connectivity index (χ0n) is 21.0. The van der Waals surface area contributed by atoms with Crippen LogP contribution in [0.3, 0.4) is 0 Å². The van der Waals surface area contributed by atoms with Crippen LogP contribution in [0.4, 0.5) is 0 Å². The lowest BCUT2D eigenvalue weighted by Crippen LogP contribution is -2.51. The van der Waals surface area contributed by atoms with E-state index in [4.69, 9.17) is 4.74 Å². The molecule has 1 atom stereocenters. The van der Waals surface area contributed by atoms with Gasteiger partial charge in [0.2, 0.25) is 0 Å². The first-order chi connectivity index (χ1) is 14.6. The van der Waals surface area contributed by atoms with Crippen molar-refractivity contribution < 1.29 is 9.53 Å². The molecule has 0 N–H and O–H groups in total. The van der Waals surface area contributed by atoms with Gasteiger partial charge in [0.25, 0.3) is 0 Å². The van der Waals surface area contributed by atoms with Gasteiger partial charge in [0.1, 0.15) is 0 Å². The summed E-state index contributed by atoms with van der Waals surface area (Å²) in [4.78, 5) is 13.1. The van der Waals surface area contributed by atoms with E-state index in [1.54, 1.807) is 7.11 Å². The Labute approximate surface area is 190 Å². The highest BCUT2D eigenvalue weighted by Crippen LogP contribution is 2.46. The molecule has 1 unspecified atom stereocenters. The number of nitrogens with zero attached hydrogens (tertiary/aromatic N) is 1. The monoisotopic (exact) mass is 441 g/mol. The molecule has 31 heavy (non-hydrogen) atoms. The maximum absolute atomic E-state index is 13.1. The summed E-state index contributed by atoms with van der Waals surface area (Å²) in [5, 5.41) is 1.26. The lowest BCUT2D eigenvalue weighted by molar-refractivity contribution is -0.142. The fraction of sp³-hybridized carbons (Fsp3) is 0.667. The van der Waals surface area contributed by atoms with Crippen molar-refractivity contribution in [3.63, 3.8) is 0 Å². The van der Waals surface area contributed by atoms with Crippen molar-refractivity contribution in [2.24, 2.45) is 5.92 Å². The van der Waals surface area contributed by atoms with Crippen molar-refractivity contribution in [1.29, 1.82) is 0 Å². The quantitative estimate of drug-likeness (QED) is 0.309. The summed E-state index contributed by atoms with van der Waals surface area (Å²) in [6, 6.07) is 6.83. The summed E-state index contributed by atoms with van der Waals surface area (Å²) in [5.41, 5.74) is 5.55. The van der Waals surface area contributed by atoms with Crippen LogP contribution in [0, 0.1) is 12.8 Å². The van der Waals surface area contributed by atoms with Crippen LogP contribution in [0.2, 0.25) is 16.6 Å². The first-order valence-electron chi connectivity index (χ1n) is 12.3. The fourth-order valence-electron chi connectivity index (χ4n) is 6.87. The second kappa shape index (κ2) is 9.52. The van der Waals surface area contributed by atoms with E-state index in [9.17, 15) is 4.79 Å². The molecule has 2 aromatic rings. The summed E-state index contributed by atoms with van der Waals surface area (Å²) in [6.45, 7) is 16.6. The topological polar surface area (TPSA) is 31.2 Å². The molecule has 4 heteroatoms. The standard InChI is InChI=1S/C27H43NO2Si/c1-18(2)31(19(3)4,20(5)6)28-17-25(23-15-21(7)13-14-26(23)28)24(27(29)30-8)16-22-11-9-10-12-22/h13-15,17-20,22,24H,9-12,16H2,1-8H3. The molecule has 1 aliphatic carbocycles. The molecule has 0 bridgehead atoms. The summed E-state index contributed by atoms with van der Waals surface area (Å²) in [7, 11) is -0.390. The molecular weight excluding hydrogens is 398 g/mol. The van der Waals surface area contributed by atoms with Crippen molar-refractivity contribution in [3.8, 4) is 0 Å². The van der Waals surface area contributed by atoms with Crippen LogP contribution in [0.5, 0.6) is 0 Å². The summed E-state index contributed by atoms with van der Waals surface area (Å²) < 4.78 is 8.02. The maximum atomic E-state index is 13.1. The molecule has 1 heterocycles. The zero-order chi connectivity index (χ0) is 22.9. The molecule has 0 saturated heterocycles. The Morgan fingerprint density at radius 3 is 2.16 bits per heavy atom. The van der Waals surface area contributed by atoms with Crippen molar-refractivity contribution in [2.75, 3.05) is 7.11 Å². The van der Waals surface area contributed by atoms with Gasteiger partial charge in [0, 0.05) is 17.1 Å². The lowest BCUT2D eigenvalue weighted by Gasteiger charge is -2.44. The molecule has 1 aromatic carbocycles. The summed E-state index contributed by atoms with van der Waals surface area (Å²) in [5.74, 6) is 0.393. The zero-order valence-corrected chi connectivity index (χ0v) is 22.0. The molecule has 172 valence electrons. The van der Waals surface area contributed by atoms with Crippen molar-refractivity contribution in [2.45, 2.75) is 103 Å². The third kappa shape index (κ3) is 4.25. The van der Waals surface area contributed by atoms with Crippen LogP contribution in [0.15, 0.2) is 24.4 Å². The average Bonchev–Trinajstić information content (AvgIpc) is 3.33. The minimum atomic E-state index is -1.94. The fourth-order valence-corrected chi connectivity index (χ4v) is 13.5. The molecule has 3 nitrogen and oxygen atoms in total. The van der Waals surface area contributed by atoms with Gasteiger partial charge < -0.3 is 8.97 Å². The highest BCUT2D eigenvalue weighted by atomic mass is 28.3. The first kappa shape index (κ1) is 24.1.